The van der Waals surface area contributed by atoms with Gasteiger partial charge in [-0.2, -0.15) is 0 Å². The van der Waals surface area contributed by atoms with Crippen LogP contribution >= 0.6 is 11.6 Å². The average molecular weight is 209 g/mol. The normalized spacial score (nSPS) is 28.4. The number of hydrogen-bond donors (Lipinski definition) is 0. The van der Waals surface area contributed by atoms with Gasteiger partial charge < -0.3 is 0 Å². The molecule has 4 heteroatoms. The summed E-state index contributed by atoms with van der Waals surface area (Å²) in [5.41, 5.74) is 0. The highest BCUT2D eigenvalue weighted by Crippen LogP contribution is 2.30. The van der Waals surface area contributed by atoms with Crippen molar-refractivity contribution in [3.8, 4) is 0 Å². The Balaban J connectivity index is 2.40. The van der Waals surface area contributed by atoms with Gasteiger partial charge in [-0.15, -0.1) is 0 Å². The summed E-state index contributed by atoms with van der Waals surface area (Å²) in [6.45, 7) is 0. The summed E-state index contributed by atoms with van der Waals surface area (Å²) in [5, 5.41) is -0.456. The zero-order chi connectivity index (χ0) is 9.84. The lowest BCUT2D eigenvalue weighted by Gasteiger charge is -2.21. The molecule has 1 aliphatic rings. The van der Waals surface area contributed by atoms with Gasteiger partial charge in [-0.25, -0.2) is 8.78 Å². The summed E-state index contributed by atoms with van der Waals surface area (Å²) in [7, 11) is 0. The lowest BCUT2D eigenvalue weighted by Crippen LogP contribution is -2.18. The van der Waals surface area contributed by atoms with Gasteiger partial charge in [-0.1, -0.05) is 0 Å². The van der Waals surface area contributed by atoms with Crippen LogP contribution in [-0.4, -0.2) is 11.4 Å². The molecule has 74 valence electrons. The van der Waals surface area contributed by atoms with Crippen LogP contribution < -0.4 is 0 Å². The second kappa shape index (κ2) is 4.70. The number of halogens is 3. The maximum atomic E-state index is 13.1. The van der Waals surface area contributed by atoms with Gasteiger partial charge in [-0.3, -0.25) is 4.79 Å². The van der Waals surface area contributed by atoms with E-state index in [1.165, 1.54) is 0 Å². The van der Waals surface area contributed by atoms with Crippen LogP contribution in [0.5, 0.6) is 0 Å². The fraction of sp³-hybridized carbons (Fsp3) is 0.667. The highest BCUT2D eigenvalue weighted by molar-refractivity contribution is 6.63. The molecule has 0 aliphatic heterocycles. The van der Waals surface area contributed by atoms with Crippen LogP contribution in [0.25, 0.3) is 0 Å². The highest BCUT2D eigenvalue weighted by Gasteiger charge is 2.24. The zero-order valence-electron chi connectivity index (χ0n) is 7.10. The first-order chi connectivity index (χ1) is 6.09. The molecule has 2 atom stereocenters. The first-order valence-electron chi connectivity index (χ1n) is 4.28. The molecule has 13 heavy (non-hydrogen) atoms. The summed E-state index contributed by atoms with van der Waals surface area (Å²) in [6, 6.07) is 0. The molecule has 0 aromatic heterocycles. The number of carbonyl (C=O) groups is 1. The van der Waals surface area contributed by atoms with Crippen LogP contribution in [-0.2, 0) is 4.79 Å². The van der Waals surface area contributed by atoms with Gasteiger partial charge >= 0.3 is 0 Å². The molecular weight excluding hydrogens is 198 g/mol. The molecule has 0 spiro atoms. The fourth-order valence-corrected chi connectivity index (χ4v) is 1.59. The second-order valence-electron chi connectivity index (χ2n) is 3.25. The van der Waals surface area contributed by atoms with Gasteiger partial charge in [0.15, 0.2) is 0 Å². The Hall–Kier alpha value is -0.440. The van der Waals surface area contributed by atoms with Gasteiger partial charge in [0.1, 0.15) is 6.17 Å². The lowest BCUT2D eigenvalue weighted by atomic mass is 9.88. The third kappa shape index (κ3) is 3.43. The van der Waals surface area contributed by atoms with Crippen LogP contribution in [0.2, 0.25) is 0 Å². The molecule has 2 unspecified atom stereocenters. The molecule has 0 aromatic carbocycles. The van der Waals surface area contributed by atoms with Crippen LogP contribution in [0.3, 0.4) is 0 Å². The van der Waals surface area contributed by atoms with Gasteiger partial charge in [0.2, 0.25) is 5.24 Å². The average Bonchev–Trinajstić information content (AvgIpc) is 2.02. The minimum absolute atomic E-state index is 0.169. The second-order valence-corrected chi connectivity index (χ2v) is 3.67. The highest BCUT2D eigenvalue weighted by atomic mass is 35.5. The summed E-state index contributed by atoms with van der Waals surface area (Å²) < 4.78 is 25.6. The molecule has 0 fully saturated rings. The van der Waals surface area contributed by atoms with E-state index in [1.807, 2.05) is 0 Å². The van der Waals surface area contributed by atoms with Crippen molar-refractivity contribution in [3.05, 3.63) is 11.9 Å². The van der Waals surface area contributed by atoms with E-state index in [0.717, 1.165) is 6.08 Å². The molecule has 0 aromatic rings. The smallest absolute Gasteiger partial charge is 0.221 e. The van der Waals surface area contributed by atoms with E-state index in [0.29, 0.717) is 12.8 Å². The SMILES string of the molecule is O=C(Cl)CCC1CCC(F)=CC1F. The first kappa shape index (κ1) is 10.6. The third-order valence-electron chi connectivity index (χ3n) is 2.26. The van der Waals surface area contributed by atoms with Crippen LogP contribution in [0, 0.1) is 5.92 Å². The standard InChI is InChI=1S/C9H11ClF2O/c10-9(13)4-2-6-1-3-7(11)5-8(6)12/h5-6,8H,1-4H2. The topological polar surface area (TPSA) is 17.1 Å². The Bertz CT molecular complexity index is 228. The Morgan fingerprint density at radius 1 is 1.69 bits per heavy atom. The Kier molecular flexibility index (Phi) is 3.85. The van der Waals surface area contributed by atoms with Crippen molar-refractivity contribution in [2.75, 3.05) is 0 Å². The van der Waals surface area contributed by atoms with E-state index < -0.39 is 11.4 Å². The van der Waals surface area contributed by atoms with E-state index in [4.69, 9.17) is 11.6 Å². The van der Waals surface area contributed by atoms with Crippen molar-refractivity contribution in [1.82, 2.24) is 0 Å². The number of carbonyl (C=O) groups excluding carboxylic acids is 1. The van der Waals surface area contributed by atoms with Gasteiger partial charge in [-0.05, 0) is 42.9 Å². The summed E-state index contributed by atoms with van der Waals surface area (Å²) >= 11 is 5.12. The van der Waals surface area contributed by atoms with E-state index in [2.05, 4.69) is 0 Å². The molecule has 0 bridgehead atoms. The quantitative estimate of drug-likeness (QED) is 0.652. The molecule has 0 heterocycles. The monoisotopic (exact) mass is 208 g/mol. The Morgan fingerprint density at radius 3 is 2.92 bits per heavy atom. The van der Waals surface area contributed by atoms with E-state index in [-0.39, 0.29) is 24.6 Å². The minimum atomic E-state index is -1.26. The van der Waals surface area contributed by atoms with Gasteiger partial charge in [0.05, 0.1) is 5.83 Å². The lowest BCUT2D eigenvalue weighted by molar-refractivity contribution is -0.112. The maximum Gasteiger partial charge on any atom is 0.221 e. The molecule has 1 aliphatic carbocycles. The van der Waals surface area contributed by atoms with Crippen molar-refractivity contribution in [2.24, 2.45) is 5.92 Å². The molecule has 0 N–H and O–H groups in total. The van der Waals surface area contributed by atoms with Crippen molar-refractivity contribution >= 4 is 16.8 Å². The van der Waals surface area contributed by atoms with E-state index >= 15 is 0 Å². The summed E-state index contributed by atoms with van der Waals surface area (Å²) in [6.07, 6.45) is 1.06. The number of hydrogen-bond acceptors (Lipinski definition) is 1. The minimum Gasteiger partial charge on any atom is -0.281 e. The predicted molar refractivity (Wildman–Crippen MR) is 46.9 cm³/mol. The van der Waals surface area contributed by atoms with Gasteiger partial charge in [0, 0.05) is 6.42 Å². The van der Waals surface area contributed by atoms with Crippen LogP contribution in [0.15, 0.2) is 11.9 Å². The van der Waals surface area contributed by atoms with E-state index in [9.17, 15) is 13.6 Å². The number of alkyl halides is 1. The summed E-state index contributed by atoms with van der Waals surface area (Å²) in [5.74, 6) is -0.636. The molecule has 0 amide bonds. The van der Waals surface area contributed by atoms with E-state index in [1.54, 1.807) is 0 Å². The van der Waals surface area contributed by atoms with Crippen molar-refractivity contribution in [3.63, 3.8) is 0 Å². The Morgan fingerprint density at radius 2 is 2.38 bits per heavy atom. The van der Waals surface area contributed by atoms with Crippen LogP contribution in [0.4, 0.5) is 8.78 Å². The molecule has 1 nitrogen and oxygen atoms in total. The number of allylic oxidation sites excluding steroid dienone is 2. The van der Waals surface area contributed by atoms with Crippen molar-refractivity contribution in [1.29, 1.82) is 0 Å². The largest absolute Gasteiger partial charge is 0.281 e. The van der Waals surface area contributed by atoms with Crippen molar-refractivity contribution in [2.45, 2.75) is 31.9 Å². The Labute approximate surface area is 80.8 Å². The summed E-state index contributed by atoms with van der Waals surface area (Å²) in [4.78, 5) is 10.4. The first-order valence-corrected chi connectivity index (χ1v) is 4.66. The number of rotatable bonds is 3. The molecule has 0 saturated carbocycles. The van der Waals surface area contributed by atoms with Crippen LogP contribution in [0.1, 0.15) is 25.7 Å². The molecule has 0 saturated heterocycles. The molecule has 0 radical (unpaired) electrons. The fourth-order valence-electron chi connectivity index (χ4n) is 1.48. The molecular formula is C9H11ClF2O. The predicted octanol–water partition coefficient (Wildman–Crippen LogP) is 3.13. The molecule has 1 rings (SSSR count). The third-order valence-corrected chi connectivity index (χ3v) is 2.45. The van der Waals surface area contributed by atoms with Gasteiger partial charge in [0.25, 0.3) is 0 Å². The maximum absolute atomic E-state index is 13.1. The van der Waals surface area contributed by atoms with Crippen molar-refractivity contribution < 1.29 is 13.6 Å². The zero-order valence-corrected chi connectivity index (χ0v) is 7.86.